The number of aromatic nitrogens is 1. The van der Waals surface area contributed by atoms with Crippen molar-refractivity contribution >= 4 is 71.2 Å². The standard InChI is InChI=1S/C64H58N2/c1-62(2,3)45-28-35-57(51(38-45)42-20-14-11-15-21-42)65(54-23-17-16-22-48(54)41-18-12-10-13-19-41)55-33-26-43-25-32-50-56(34-27-44-24-31-49(55)60(43)61(44)50)66-58-36-29-46(63(4,5)6)39-52(58)53-40-47(64(7,8)9)30-37-59(53)66/h10-40H,1-9H3. The van der Waals surface area contributed by atoms with Crippen LogP contribution in [0.3, 0.4) is 0 Å². The molecule has 10 aromatic carbocycles. The predicted molar refractivity (Wildman–Crippen MR) is 286 cm³/mol. The maximum atomic E-state index is 2.54. The van der Waals surface area contributed by atoms with Crippen LogP contribution in [0.4, 0.5) is 17.1 Å². The molecule has 2 heteroatoms. The third kappa shape index (κ3) is 6.85. The molecule has 0 bridgehead atoms. The molecule has 2 nitrogen and oxygen atoms in total. The van der Waals surface area contributed by atoms with Crippen molar-refractivity contribution in [1.82, 2.24) is 4.57 Å². The normalized spacial score (nSPS) is 12.6. The largest absolute Gasteiger partial charge is 0.309 e. The quantitative estimate of drug-likeness (QED) is 0.151. The second kappa shape index (κ2) is 15.2. The SMILES string of the molecule is CC(C)(C)c1ccc(N(c2ccccc2-c2ccccc2)c2ccc3ccc4c(-n5c6ccc(C(C)(C)C)cc6c6cc(C(C)(C)C)ccc65)ccc5ccc2c3c54)c(-c2ccccc2)c1. The van der Waals surface area contributed by atoms with E-state index in [1.165, 1.54) is 98.8 Å². The summed E-state index contributed by atoms with van der Waals surface area (Å²) in [6.07, 6.45) is 0. The van der Waals surface area contributed by atoms with Crippen molar-refractivity contribution in [1.29, 1.82) is 0 Å². The highest BCUT2D eigenvalue weighted by Crippen LogP contribution is 2.50. The molecule has 0 spiro atoms. The van der Waals surface area contributed by atoms with Crippen LogP contribution < -0.4 is 4.90 Å². The molecule has 0 aliphatic rings. The molecule has 324 valence electrons. The van der Waals surface area contributed by atoms with Crippen LogP contribution in [-0.2, 0) is 16.2 Å². The molecule has 0 aliphatic heterocycles. The molecular formula is C64H58N2. The molecular weight excluding hydrogens is 797 g/mol. The lowest BCUT2D eigenvalue weighted by Crippen LogP contribution is -2.15. The average molecular weight is 855 g/mol. The van der Waals surface area contributed by atoms with Gasteiger partial charge >= 0.3 is 0 Å². The molecule has 1 heterocycles. The second-order valence-corrected chi connectivity index (χ2v) is 21.5. The van der Waals surface area contributed by atoms with Gasteiger partial charge in [0.05, 0.1) is 33.8 Å². The number of anilines is 3. The Bertz CT molecular complexity index is 3550. The highest BCUT2D eigenvalue weighted by molar-refractivity contribution is 6.28. The molecule has 0 saturated carbocycles. The van der Waals surface area contributed by atoms with E-state index in [-0.39, 0.29) is 16.2 Å². The van der Waals surface area contributed by atoms with Crippen molar-refractivity contribution in [3.05, 3.63) is 205 Å². The van der Waals surface area contributed by atoms with E-state index in [4.69, 9.17) is 0 Å². The minimum atomic E-state index is -0.0281. The third-order valence-corrected chi connectivity index (χ3v) is 14.0. The summed E-state index contributed by atoms with van der Waals surface area (Å²) in [5.41, 5.74) is 15.9. The zero-order valence-corrected chi connectivity index (χ0v) is 39.8. The summed E-state index contributed by atoms with van der Waals surface area (Å²) in [4.78, 5) is 2.54. The zero-order valence-electron chi connectivity index (χ0n) is 39.8. The smallest absolute Gasteiger partial charge is 0.0541 e. The van der Waals surface area contributed by atoms with Gasteiger partial charge in [-0.3, -0.25) is 0 Å². The zero-order chi connectivity index (χ0) is 45.7. The fourth-order valence-corrected chi connectivity index (χ4v) is 10.3. The summed E-state index contributed by atoms with van der Waals surface area (Å²) < 4.78 is 2.53. The van der Waals surface area contributed by atoms with Crippen LogP contribution in [0.2, 0.25) is 0 Å². The molecule has 0 amide bonds. The first-order valence-electron chi connectivity index (χ1n) is 23.6. The molecule has 11 aromatic rings. The van der Waals surface area contributed by atoms with Gasteiger partial charge in [-0.05, 0) is 120 Å². The Morgan fingerprint density at radius 1 is 0.333 bits per heavy atom. The van der Waals surface area contributed by atoms with Gasteiger partial charge in [0.15, 0.2) is 0 Å². The molecule has 0 unspecified atom stereocenters. The van der Waals surface area contributed by atoms with E-state index < -0.39 is 0 Å². The minimum absolute atomic E-state index is 0.0281. The van der Waals surface area contributed by atoms with E-state index >= 15 is 0 Å². The number of para-hydroxylation sites is 1. The van der Waals surface area contributed by atoms with Crippen molar-refractivity contribution in [2.75, 3.05) is 4.90 Å². The molecule has 0 atom stereocenters. The Kier molecular flexibility index (Phi) is 9.57. The van der Waals surface area contributed by atoms with Crippen molar-refractivity contribution in [3.8, 4) is 27.9 Å². The number of fused-ring (bicyclic) bond motifs is 3. The van der Waals surface area contributed by atoms with Crippen molar-refractivity contribution in [2.24, 2.45) is 0 Å². The molecule has 0 aliphatic carbocycles. The number of hydrogen-bond donors (Lipinski definition) is 0. The first-order chi connectivity index (χ1) is 31.6. The van der Waals surface area contributed by atoms with E-state index in [0.717, 1.165) is 17.1 Å². The Hall–Kier alpha value is -7.16. The van der Waals surface area contributed by atoms with E-state index in [1.807, 2.05) is 0 Å². The highest BCUT2D eigenvalue weighted by Gasteiger charge is 2.27. The van der Waals surface area contributed by atoms with Gasteiger partial charge in [0.2, 0.25) is 0 Å². The number of benzene rings is 10. The Morgan fingerprint density at radius 3 is 1.36 bits per heavy atom. The first kappa shape index (κ1) is 41.5. The average Bonchev–Trinajstić information content (AvgIpc) is 3.64. The van der Waals surface area contributed by atoms with Crippen LogP contribution in [0.5, 0.6) is 0 Å². The summed E-state index contributed by atoms with van der Waals surface area (Å²) in [5, 5.41) is 10.1. The summed E-state index contributed by atoms with van der Waals surface area (Å²) in [6.45, 7) is 20.8. The summed E-state index contributed by atoms with van der Waals surface area (Å²) >= 11 is 0. The maximum Gasteiger partial charge on any atom is 0.0541 e. The topological polar surface area (TPSA) is 8.17 Å². The van der Waals surface area contributed by atoms with Gasteiger partial charge in [-0.15, -0.1) is 0 Å². The monoisotopic (exact) mass is 854 g/mol. The summed E-state index contributed by atoms with van der Waals surface area (Å²) in [6, 6.07) is 70.9. The summed E-state index contributed by atoms with van der Waals surface area (Å²) in [5.74, 6) is 0. The lowest BCUT2D eigenvalue weighted by molar-refractivity contribution is 0.590. The highest BCUT2D eigenvalue weighted by atomic mass is 15.1. The van der Waals surface area contributed by atoms with E-state index in [0.29, 0.717) is 0 Å². The van der Waals surface area contributed by atoms with Gasteiger partial charge in [-0.2, -0.15) is 0 Å². The van der Waals surface area contributed by atoms with E-state index in [9.17, 15) is 0 Å². The minimum Gasteiger partial charge on any atom is -0.309 e. The van der Waals surface area contributed by atoms with Crippen LogP contribution in [0.1, 0.15) is 79.0 Å². The van der Waals surface area contributed by atoms with Crippen molar-refractivity contribution in [2.45, 2.75) is 78.6 Å². The molecule has 1 aromatic heterocycles. The van der Waals surface area contributed by atoms with Crippen LogP contribution in [0.25, 0.3) is 82.1 Å². The second-order valence-electron chi connectivity index (χ2n) is 21.5. The number of hydrogen-bond acceptors (Lipinski definition) is 1. The van der Waals surface area contributed by atoms with E-state index in [2.05, 4.69) is 260 Å². The Balaban J connectivity index is 1.21. The Labute approximate surface area is 390 Å². The molecule has 0 N–H and O–H groups in total. The van der Waals surface area contributed by atoms with E-state index in [1.54, 1.807) is 0 Å². The number of rotatable bonds is 6. The van der Waals surface area contributed by atoms with Gasteiger partial charge in [0.1, 0.15) is 0 Å². The van der Waals surface area contributed by atoms with Gasteiger partial charge in [0.25, 0.3) is 0 Å². The van der Waals surface area contributed by atoms with Crippen molar-refractivity contribution in [3.63, 3.8) is 0 Å². The number of nitrogens with zero attached hydrogens (tertiary/aromatic N) is 2. The lowest BCUT2D eigenvalue weighted by Gasteiger charge is -2.32. The fourth-order valence-electron chi connectivity index (χ4n) is 10.3. The predicted octanol–water partition coefficient (Wildman–Crippen LogP) is 18.4. The fraction of sp³-hybridized carbons (Fsp3) is 0.188. The van der Waals surface area contributed by atoms with Gasteiger partial charge in [-0.25, -0.2) is 0 Å². The lowest BCUT2D eigenvalue weighted by atomic mass is 9.84. The third-order valence-electron chi connectivity index (χ3n) is 14.0. The van der Waals surface area contributed by atoms with Crippen LogP contribution in [-0.4, -0.2) is 4.57 Å². The molecule has 0 saturated heterocycles. The van der Waals surface area contributed by atoms with Gasteiger partial charge in [0, 0.05) is 32.7 Å². The van der Waals surface area contributed by atoms with Crippen molar-refractivity contribution < 1.29 is 0 Å². The molecule has 11 rings (SSSR count). The molecule has 0 radical (unpaired) electrons. The van der Waals surface area contributed by atoms with Crippen LogP contribution in [0.15, 0.2) is 188 Å². The maximum absolute atomic E-state index is 2.54. The van der Waals surface area contributed by atoms with Gasteiger partial charge in [-0.1, -0.05) is 196 Å². The van der Waals surface area contributed by atoms with Gasteiger partial charge < -0.3 is 9.47 Å². The summed E-state index contributed by atoms with van der Waals surface area (Å²) in [7, 11) is 0. The van der Waals surface area contributed by atoms with Crippen LogP contribution >= 0.6 is 0 Å². The van der Waals surface area contributed by atoms with Crippen LogP contribution in [0, 0.1) is 0 Å². The first-order valence-corrected chi connectivity index (χ1v) is 23.6. The Morgan fingerprint density at radius 2 is 0.773 bits per heavy atom. The molecule has 0 fully saturated rings. The molecule has 66 heavy (non-hydrogen) atoms.